The fourth-order valence-corrected chi connectivity index (χ4v) is 2.69. The molecule has 2 unspecified atom stereocenters. The SMILES string of the molecule is CCCC(CN)C(O)c1ccc(Cl)cc1Br. The van der Waals surface area contributed by atoms with E-state index >= 15 is 0 Å². The molecule has 1 aromatic carbocycles. The smallest absolute Gasteiger partial charge is 0.0841 e. The summed E-state index contributed by atoms with van der Waals surface area (Å²) in [4.78, 5) is 0. The fourth-order valence-electron chi connectivity index (χ4n) is 1.77. The fraction of sp³-hybridized carbons (Fsp3) is 0.500. The molecule has 0 spiro atoms. The van der Waals surface area contributed by atoms with Crippen LogP contribution < -0.4 is 5.73 Å². The molecule has 0 saturated carbocycles. The van der Waals surface area contributed by atoms with E-state index in [-0.39, 0.29) is 5.92 Å². The van der Waals surface area contributed by atoms with Crippen molar-refractivity contribution in [3.63, 3.8) is 0 Å². The summed E-state index contributed by atoms with van der Waals surface area (Å²) in [6.45, 7) is 2.58. The van der Waals surface area contributed by atoms with Gasteiger partial charge in [-0.2, -0.15) is 0 Å². The van der Waals surface area contributed by atoms with E-state index in [1.54, 1.807) is 12.1 Å². The first-order valence-corrected chi connectivity index (χ1v) is 6.60. The molecule has 1 rings (SSSR count). The molecule has 2 nitrogen and oxygen atoms in total. The van der Waals surface area contributed by atoms with Gasteiger partial charge in [-0.05, 0) is 30.7 Å². The normalized spacial score (nSPS) is 14.8. The second-order valence-electron chi connectivity index (χ2n) is 3.90. The van der Waals surface area contributed by atoms with Crippen LogP contribution in [0.4, 0.5) is 0 Å². The molecule has 0 aliphatic carbocycles. The van der Waals surface area contributed by atoms with Gasteiger partial charge in [0.1, 0.15) is 0 Å². The van der Waals surface area contributed by atoms with Gasteiger partial charge in [-0.3, -0.25) is 0 Å². The average molecular weight is 307 g/mol. The number of benzene rings is 1. The molecular formula is C12H17BrClNO. The third kappa shape index (κ3) is 3.45. The molecule has 0 aromatic heterocycles. The first kappa shape index (κ1) is 14.0. The van der Waals surface area contributed by atoms with E-state index in [2.05, 4.69) is 22.9 Å². The highest BCUT2D eigenvalue weighted by Gasteiger charge is 2.20. The van der Waals surface area contributed by atoms with Gasteiger partial charge in [-0.15, -0.1) is 0 Å². The van der Waals surface area contributed by atoms with Gasteiger partial charge in [-0.25, -0.2) is 0 Å². The Kier molecular flexibility index (Phi) is 5.76. The van der Waals surface area contributed by atoms with Crippen molar-refractivity contribution in [2.45, 2.75) is 25.9 Å². The molecule has 0 heterocycles. The van der Waals surface area contributed by atoms with Gasteiger partial charge in [0.05, 0.1) is 6.10 Å². The molecule has 2 atom stereocenters. The van der Waals surface area contributed by atoms with Crippen LogP contribution >= 0.6 is 27.5 Å². The van der Waals surface area contributed by atoms with E-state index in [9.17, 15) is 5.11 Å². The Labute approximate surface area is 110 Å². The molecule has 1 aromatic rings. The van der Waals surface area contributed by atoms with Crippen LogP contribution in [0.5, 0.6) is 0 Å². The Hall–Kier alpha value is -0.0900. The van der Waals surface area contributed by atoms with Crippen LogP contribution in [0.1, 0.15) is 31.4 Å². The highest BCUT2D eigenvalue weighted by Crippen LogP contribution is 2.32. The van der Waals surface area contributed by atoms with Gasteiger partial charge in [-0.1, -0.05) is 46.9 Å². The van der Waals surface area contributed by atoms with E-state index in [0.717, 1.165) is 22.9 Å². The largest absolute Gasteiger partial charge is 0.388 e. The lowest BCUT2D eigenvalue weighted by atomic mass is 9.92. The maximum absolute atomic E-state index is 10.2. The lowest BCUT2D eigenvalue weighted by molar-refractivity contribution is 0.106. The van der Waals surface area contributed by atoms with Crippen LogP contribution in [-0.4, -0.2) is 11.7 Å². The predicted octanol–water partition coefficient (Wildman–Crippen LogP) is 3.51. The third-order valence-electron chi connectivity index (χ3n) is 2.69. The molecule has 4 heteroatoms. The number of aliphatic hydroxyl groups is 1. The summed E-state index contributed by atoms with van der Waals surface area (Å²) in [7, 11) is 0. The molecule has 0 fully saturated rings. The second kappa shape index (κ2) is 6.60. The van der Waals surface area contributed by atoms with Crippen molar-refractivity contribution in [1.29, 1.82) is 0 Å². The van der Waals surface area contributed by atoms with Crippen LogP contribution in [0.25, 0.3) is 0 Å². The summed E-state index contributed by atoms with van der Waals surface area (Å²) in [6.07, 6.45) is 1.41. The van der Waals surface area contributed by atoms with Crippen LogP contribution in [0.3, 0.4) is 0 Å². The minimum atomic E-state index is -0.531. The maximum atomic E-state index is 10.2. The maximum Gasteiger partial charge on any atom is 0.0841 e. The van der Waals surface area contributed by atoms with Crippen molar-refractivity contribution >= 4 is 27.5 Å². The lowest BCUT2D eigenvalue weighted by Gasteiger charge is -2.22. The van der Waals surface area contributed by atoms with E-state index in [1.807, 2.05) is 6.07 Å². The Morgan fingerprint density at radius 3 is 2.69 bits per heavy atom. The minimum absolute atomic E-state index is 0.0995. The number of hydrogen-bond acceptors (Lipinski definition) is 2. The molecule has 0 saturated heterocycles. The zero-order valence-corrected chi connectivity index (χ0v) is 11.6. The van der Waals surface area contributed by atoms with Gasteiger partial charge in [0.15, 0.2) is 0 Å². The highest BCUT2D eigenvalue weighted by atomic mass is 79.9. The van der Waals surface area contributed by atoms with E-state index in [1.165, 1.54) is 0 Å². The lowest BCUT2D eigenvalue weighted by Crippen LogP contribution is -2.22. The molecule has 16 heavy (non-hydrogen) atoms. The molecule has 0 radical (unpaired) electrons. The van der Waals surface area contributed by atoms with Crippen molar-refractivity contribution in [2.75, 3.05) is 6.54 Å². The molecule has 0 aliphatic rings. The molecular weight excluding hydrogens is 289 g/mol. The van der Waals surface area contributed by atoms with Crippen molar-refractivity contribution in [3.05, 3.63) is 33.3 Å². The Morgan fingerprint density at radius 2 is 2.19 bits per heavy atom. The number of rotatable bonds is 5. The van der Waals surface area contributed by atoms with Crippen LogP contribution in [-0.2, 0) is 0 Å². The summed E-state index contributed by atoms with van der Waals surface area (Å²) in [5.74, 6) is 0.0995. The molecule has 0 amide bonds. The summed E-state index contributed by atoms with van der Waals surface area (Å²) in [5.41, 5.74) is 6.53. The van der Waals surface area contributed by atoms with Crippen LogP contribution in [0.2, 0.25) is 5.02 Å². The summed E-state index contributed by atoms with van der Waals surface area (Å²) in [5, 5.41) is 10.9. The molecule has 3 N–H and O–H groups in total. The van der Waals surface area contributed by atoms with Crippen molar-refractivity contribution < 1.29 is 5.11 Å². The highest BCUT2D eigenvalue weighted by molar-refractivity contribution is 9.10. The van der Waals surface area contributed by atoms with E-state index < -0.39 is 6.10 Å². The Balaban J connectivity index is 2.89. The Morgan fingerprint density at radius 1 is 1.50 bits per heavy atom. The Bertz CT molecular complexity index is 346. The van der Waals surface area contributed by atoms with Gasteiger partial charge in [0.25, 0.3) is 0 Å². The predicted molar refractivity (Wildman–Crippen MR) is 71.6 cm³/mol. The van der Waals surface area contributed by atoms with E-state index in [0.29, 0.717) is 11.6 Å². The second-order valence-corrected chi connectivity index (χ2v) is 5.19. The van der Waals surface area contributed by atoms with Gasteiger partial charge >= 0.3 is 0 Å². The third-order valence-corrected chi connectivity index (χ3v) is 3.61. The monoisotopic (exact) mass is 305 g/mol. The average Bonchev–Trinajstić information content (AvgIpc) is 2.25. The van der Waals surface area contributed by atoms with Gasteiger partial charge in [0, 0.05) is 15.4 Å². The summed E-state index contributed by atoms with van der Waals surface area (Å²) in [6, 6.07) is 5.42. The first-order valence-electron chi connectivity index (χ1n) is 5.43. The topological polar surface area (TPSA) is 46.2 Å². The summed E-state index contributed by atoms with van der Waals surface area (Å²) >= 11 is 9.27. The zero-order valence-electron chi connectivity index (χ0n) is 9.29. The molecule has 0 aliphatic heterocycles. The van der Waals surface area contributed by atoms with Crippen molar-refractivity contribution in [2.24, 2.45) is 11.7 Å². The van der Waals surface area contributed by atoms with E-state index in [4.69, 9.17) is 17.3 Å². The number of nitrogens with two attached hydrogens (primary N) is 1. The number of aliphatic hydroxyl groups excluding tert-OH is 1. The van der Waals surface area contributed by atoms with Crippen molar-refractivity contribution in [3.8, 4) is 0 Å². The summed E-state index contributed by atoms with van der Waals surface area (Å²) < 4.78 is 0.835. The first-order chi connectivity index (χ1) is 7.60. The number of hydrogen-bond donors (Lipinski definition) is 2. The van der Waals surface area contributed by atoms with Gasteiger partial charge in [0.2, 0.25) is 0 Å². The van der Waals surface area contributed by atoms with Gasteiger partial charge < -0.3 is 10.8 Å². The van der Waals surface area contributed by atoms with Crippen LogP contribution in [0, 0.1) is 5.92 Å². The van der Waals surface area contributed by atoms with Crippen LogP contribution in [0.15, 0.2) is 22.7 Å². The van der Waals surface area contributed by atoms with Crippen molar-refractivity contribution in [1.82, 2.24) is 0 Å². The molecule has 90 valence electrons. The standard InChI is InChI=1S/C12H17BrClNO/c1-2-3-8(7-15)12(16)10-5-4-9(14)6-11(10)13/h4-6,8,12,16H,2-3,7,15H2,1H3. The zero-order chi connectivity index (χ0) is 12.1. The quantitative estimate of drug-likeness (QED) is 0.874. The molecule has 0 bridgehead atoms. The number of halogens is 2. The minimum Gasteiger partial charge on any atom is -0.388 e.